The van der Waals surface area contributed by atoms with Crippen molar-refractivity contribution in [2.75, 3.05) is 13.2 Å². The highest BCUT2D eigenvalue weighted by Gasteiger charge is 2.06. The van der Waals surface area contributed by atoms with Crippen molar-refractivity contribution in [3.05, 3.63) is 58.9 Å². The number of hydrogen-bond acceptors (Lipinski definition) is 3. The second kappa shape index (κ2) is 8.03. The summed E-state index contributed by atoms with van der Waals surface area (Å²) >= 11 is 6.07. The maximum Gasteiger partial charge on any atom is 0.257 e. The molecule has 1 amide bonds. The van der Waals surface area contributed by atoms with Gasteiger partial charge in [0.15, 0.2) is 6.61 Å². The Bertz CT molecular complexity index is 843. The average Bonchev–Trinajstić information content (AvgIpc) is 3.03. The highest BCUT2D eigenvalue weighted by Crippen LogP contribution is 2.22. The van der Waals surface area contributed by atoms with E-state index in [4.69, 9.17) is 16.3 Å². The third-order valence-electron chi connectivity index (χ3n) is 3.89. The van der Waals surface area contributed by atoms with Gasteiger partial charge >= 0.3 is 0 Å². The molecule has 1 heterocycles. The van der Waals surface area contributed by atoms with Crippen LogP contribution in [0.2, 0.25) is 5.02 Å². The van der Waals surface area contributed by atoms with Gasteiger partial charge in [-0.25, -0.2) is 4.98 Å². The van der Waals surface area contributed by atoms with E-state index in [0.717, 1.165) is 28.8 Å². The molecule has 0 saturated heterocycles. The fraction of sp³-hybridized carbons (Fsp3) is 0.263. The van der Waals surface area contributed by atoms with Gasteiger partial charge in [0.1, 0.15) is 11.6 Å². The number of benzene rings is 2. The monoisotopic (exact) mass is 357 g/mol. The predicted octanol–water partition coefficient (Wildman–Crippen LogP) is 3.52. The lowest BCUT2D eigenvalue weighted by molar-refractivity contribution is -0.123. The highest BCUT2D eigenvalue weighted by atomic mass is 35.5. The van der Waals surface area contributed by atoms with E-state index in [-0.39, 0.29) is 12.5 Å². The molecule has 2 aromatic carbocycles. The normalized spacial score (nSPS) is 10.8. The first-order chi connectivity index (χ1) is 12.2. The molecule has 0 aliphatic carbocycles. The number of para-hydroxylation sites is 2. The number of amides is 1. The van der Waals surface area contributed by atoms with Crippen molar-refractivity contribution in [3.8, 4) is 5.75 Å². The lowest BCUT2D eigenvalue weighted by atomic mass is 10.1. The number of H-pyrrole nitrogens is 1. The number of rotatable bonds is 7. The summed E-state index contributed by atoms with van der Waals surface area (Å²) in [6, 6.07) is 13.3. The van der Waals surface area contributed by atoms with Crippen LogP contribution in [0, 0.1) is 0 Å². The zero-order valence-electron chi connectivity index (χ0n) is 14.0. The Balaban J connectivity index is 1.45. The third kappa shape index (κ3) is 4.51. The van der Waals surface area contributed by atoms with E-state index in [9.17, 15) is 4.79 Å². The second-order valence-electron chi connectivity index (χ2n) is 5.70. The topological polar surface area (TPSA) is 67.0 Å². The second-order valence-corrected chi connectivity index (χ2v) is 6.10. The first-order valence-corrected chi connectivity index (χ1v) is 8.65. The lowest BCUT2D eigenvalue weighted by Crippen LogP contribution is -2.30. The summed E-state index contributed by atoms with van der Waals surface area (Å²) < 4.78 is 5.52. The van der Waals surface area contributed by atoms with E-state index in [2.05, 4.69) is 15.3 Å². The van der Waals surface area contributed by atoms with Crippen LogP contribution in [0.5, 0.6) is 5.75 Å². The molecule has 2 N–H and O–H groups in total. The van der Waals surface area contributed by atoms with Gasteiger partial charge in [-0.15, -0.1) is 0 Å². The maximum absolute atomic E-state index is 11.9. The third-order valence-corrected chi connectivity index (χ3v) is 4.26. The van der Waals surface area contributed by atoms with Gasteiger partial charge in [0.05, 0.1) is 11.0 Å². The van der Waals surface area contributed by atoms with Crippen LogP contribution >= 0.6 is 11.6 Å². The Morgan fingerprint density at radius 2 is 2.12 bits per heavy atom. The van der Waals surface area contributed by atoms with Gasteiger partial charge < -0.3 is 15.0 Å². The van der Waals surface area contributed by atoms with Crippen molar-refractivity contribution in [1.82, 2.24) is 15.3 Å². The summed E-state index contributed by atoms with van der Waals surface area (Å²) in [5.74, 6) is 1.34. The predicted molar refractivity (Wildman–Crippen MR) is 99.1 cm³/mol. The summed E-state index contributed by atoms with van der Waals surface area (Å²) in [4.78, 5) is 19.6. The Morgan fingerprint density at radius 1 is 1.28 bits per heavy atom. The number of hydrogen-bond donors (Lipinski definition) is 2. The molecular formula is C19H20ClN3O2. The molecule has 130 valence electrons. The SMILES string of the molecule is CCc1cc(OCC(=O)NCCc2nc3ccccc3[nH]2)ccc1Cl. The average molecular weight is 358 g/mol. The van der Waals surface area contributed by atoms with E-state index in [1.165, 1.54) is 0 Å². The van der Waals surface area contributed by atoms with Gasteiger partial charge in [-0.3, -0.25) is 4.79 Å². The molecule has 3 rings (SSSR count). The number of nitrogens with zero attached hydrogens (tertiary/aromatic N) is 1. The Kier molecular flexibility index (Phi) is 5.56. The number of halogens is 1. The number of carbonyl (C=O) groups is 1. The van der Waals surface area contributed by atoms with Gasteiger partial charge in [0.25, 0.3) is 5.91 Å². The van der Waals surface area contributed by atoms with Crippen molar-refractivity contribution in [2.45, 2.75) is 19.8 Å². The van der Waals surface area contributed by atoms with E-state index in [0.29, 0.717) is 23.7 Å². The van der Waals surface area contributed by atoms with Gasteiger partial charge in [-0.1, -0.05) is 30.7 Å². The number of aryl methyl sites for hydroxylation is 1. The van der Waals surface area contributed by atoms with Crippen molar-refractivity contribution in [3.63, 3.8) is 0 Å². The molecular weight excluding hydrogens is 338 g/mol. The van der Waals surface area contributed by atoms with E-state index < -0.39 is 0 Å². The van der Waals surface area contributed by atoms with Crippen LogP contribution in [0.15, 0.2) is 42.5 Å². The summed E-state index contributed by atoms with van der Waals surface area (Å²) in [6.07, 6.45) is 1.46. The minimum atomic E-state index is -0.163. The number of aromatic nitrogens is 2. The van der Waals surface area contributed by atoms with Crippen molar-refractivity contribution in [2.24, 2.45) is 0 Å². The first-order valence-electron chi connectivity index (χ1n) is 8.27. The molecule has 3 aromatic rings. The number of aromatic amines is 1. The summed E-state index contributed by atoms with van der Waals surface area (Å²) in [5, 5.41) is 3.55. The van der Waals surface area contributed by atoms with Crippen LogP contribution in [-0.2, 0) is 17.6 Å². The van der Waals surface area contributed by atoms with Crippen LogP contribution in [0.25, 0.3) is 11.0 Å². The molecule has 0 saturated carbocycles. The van der Waals surface area contributed by atoms with Crippen LogP contribution in [0.1, 0.15) is 18.3 Å². The minimum absolute atomic E-state index is 0.0229. The molecule has 0 unspecified atom stereocenters. The summed E-state index contributed by atoms with van der Waals surface area (Å²) in [6.45, 7) is 2.50. The molecule has 0 atom stereocenters. The number of ether oxygens (including phenoxy) is 1. The standard InChI is InChI=1S/C19H20ClN3O2/c1-2-13-11-14(7-8-15(13)20)25-12-19(24)21-10-9-18-22-16-5-3-4-6-17(16)23-18/h3-8,11H,2,9-10,12H2,1H3,(H,21,24)(H,22,23). The highest BCUT2D eigenvalue weighted by molar-refractivity contribution is 6.31. The lowest BCUT2D eigenvalue weighted by Gasteiger charge is -2.09. The maximum atomic E-state index is 11.9. The molecule has 0 aliphatic heterocycles. The number of carbonyl (C=O) groups excluding carboxylic acids is 1. The molecule has 0 radical (unpaired) electrons. The number of nitrogens with one attached hydrogen (secondary N) is 2. The molecule has 1 aromatic heterocycles. The Morgan fingerprint density at radius 3 is 2.92 bits per heavy atom. The largest absolute Gasteiger partial charge is 0.484 e. The zero-order valence-corrected chi connectivity index (χ0v) is 14.8. The van der Waals surface area contributed by atoms with Gasteiger partial charge in [-0.2, -0.15) is 0 Å². The Hall–Kier alpha value is -2.53. The van der Waals surface area contributed by atoms with E-state index in [1.807, 2.05) is 37.3 Å². The smallest absolute Gasteiger partial charge is 0.257 e. The van der Waals surface area contributed by atoms with Crippen LogP contribution in [0.3, 0.4) is 0 Å². The van der Waals surface area contributed by atoms with Crippen molar-refractivity contribution in [1.29, 1.82) is 0 Å². The van der Waals surface area contributed by atoms with Crippen LogP contribution in [0.4, 0.5) is 0 Å². The molecule has 0 spiro atoms. The number of imidazole rings is 1. The quantitative estimate of drug-likeness (QED) is 0.680. The first kappa shape index (κ1) is 17.3. The molecule has 5 nitrogen and oxygen atoms in total. The van der Waals surface area contributed by atoms with Crippen molar-refractivity contribution >= 4 is 28.5 Å². The van der Waals surface area contributed by atoms with Gasteiger partial charge in [0, 0.05) is 18.0 Å². The minimum Gasteiger partial charge on any atom is -0.484 e. The fourth-order valence-electron chi connectivity index (χ4n) is 2.56. The molecule has 0 fully saturated rings. The summed E-state index contributed by atoms with van der Waals surface area (Å²) in [7, 11) is 0. The van der Waals surface area contributed by atoms with Gasteiger partial charge in [0.2, 0.25) is 0 Å². The van der Waals surface area contributed by atoms with Gasteiger partial charge in [-0.05, 0) is 42.3 Å². The van der Waals surface area contributed by atoms with E-state index in [1.54, 1.807) is 12.1 Å². The Labute approximate surface area is 151 Å². The van der Waals surface area contributed by atoms with E-state index >= 15 is 0 Å². The van der Waals surface area contributed by atoms with Crippen LogP contribution < -0.4 is 10.1 Å². The summed E-state index contributed by atoms with van der Waals surface area (Å²) in [5.41, 5.74) is 2.94. The molecule has 0 aliphatic rings. The fourth-order valence-corrected chi connectivity index (χ4v) is 2.81. The number of fused-ring (bicyclic) bond motifs is 1. The van der Waals surface area contributed by atoms with Crippen molar-refractivity contribution < 1.29 is 9.53 Å². The zero-order chi connectivity index (χ0) is 17.6. The molecule has 6 heteroatoms. The molecule has 25 heavy (non-hydrogen) atoms. The molecule has 0 bridgehead atoms. The van der Waals surface area contributed by atoms with Crippen LogP contribution in [-0.4, -0.2) is 29.0 Å².